The molecule has 1 spiro atoms. The average molecular weight is 372 g/mol. The van der Waals surface area contributed by atoms with Gasteiger partial charge in [0.1, 0.15) is 6.04 Å². The third kappa shape index (κ3) is 2.45. The summed E-state index contributed by atoms with van der Waals surface area (Å²) in [7, 11) is 0. The van der Waals surface area contributed by atoms with Crippen molar-refractivity contribution in [2.75, 3.05) is 19.7 Å². The lowest BCUT2D eigenvalue weighted by Crippen LogP contribution is -2.59. The summed E-state index contributed by atoms with van der Waals surface area (Å²) in [5.74, 6) is -1.13. The molecule has 0 saturated carbocycles. The lowest BCUT2D eigenvalue weighted by molar-refractivity contribution is -0.136. The summed E-state index contributed by atoms with van der Waals surface area (Å²) in [6.45, 7) is 2.17. The van der Waals surface area contributed by atoms with Crippen molar-refractivity contribution in [2.24, 2.45) is 0 Å². The number of fused-ring (bicyclic) bond motifs is 1. The number of carbonyl (C=O) groups is 3. The molecule has 1 aromatic heterocycles. The zero-order valence-corrected chi connectivity index (χ0v) is 14.7. The molecule has 4 aliphatic rings. The monoisotopic (exact) mass is 372 g/mol. The quantitative estimate of drug-likeness (QED) is 0.639. The van der Waals surface area contributed by atoms with Crippen molar-refractivity contribution in [2.45, 2.75) is 43.5 Å². The maximum Gasteiger partial charge on any atom is 0.256 e. The van der Waals surface area contributed by atoms with Gasteiger partial charge >= 0.3 is 0 Å². The minimum Gasteiger partial charge on any atom is -0.370 e. The number of ether oxygens (including phenoxy) is 1. The zero-order chi connectivity index (χ0) is 18.8. The van der Waals surface area contributed by atoms with Crippen LogP contribution in [0.4, 0.5) is 0 Å². The molecule has 0 radical (unpaired) electrons. The molecule has 142 valence electrons. The molecule has 0 unspecified atom stereocenters. The summed E-state index contributed by atoms with van der Waals surface area (Å²) in [6, 6.07) is 0.897. The van der Waals surface area contributed by atoms with Crippen LogP contribution in [0, 0.1) is 0 Å². The van der Waals surface area contributed by atoms with E-state index >= 15 is 0 Å². The Morgan fingerprint density at radius 3 is 2.67 bits per heavy atom. The zero-order valence-electron chi connectivity index (χ0n) is 14.7. The minimum atomic E-state index is -0.713. The Morgan fingerprint density at radius 1 is 1.19 bits per heavy atom. The van der Waals surface area contributed by atoms with Crippen molar-refractivity contribution in [1.82, 2.24) is 20.1 Å². The molecule has 3 amide bonds. The first kappa shape index (κ1) is 16.6. The van der Waals surface area contributed by atoms with Gasteiger partial charge in [0.2, 0.25) is 11.8 Å². The highest BCUT2D eigenvalue weighted by Crippen LogP contribution is 2.35. The second-order valence-corrected chi connectivity index (χ2v) is 7.78. The van der Waals surface area contributed by atoms with Gasteiger partial charge in [-0.1, -0.05) is 0 Å². The number of hydrogen-bond acceptors (Lipinski definition) is 6. The number of rotatable bonds is 2. The first-order valence-corrected chi connectivity index (χ1v) is 9.21. The highest BCUT2D eigenvalue weighted by atomic mass is 16.5. The van der Waals surface area contributed by atoms with Crippen molar-refractivity contribution in [1.29, 1.82) is 0 Å². The van der Waals surface area contributed by atoms with E-state index in [0.29, 0.717) is 17.7 Å². The Morgan fingerprint density at radius 2 is 2.00 bits per heavy atom. The topological polar surface area (TPSA) is 110 Å². The van der Waals surface area contributed by atoms with Gasteiger partial charge in [-0.2, -0.15) is 0 Å². The number of aromatic nitrogens is 1. The summed E-state index contributed by atoms with van der Waals surface area (Å²) < 4.78 is 7.55. The molecule has 4 aliphatic heterocycles. The molecule has 9 nitrogen and oxygen atoms in total. The molecule has 0 aromatic carbocycles. The number of nitrogens with one attached hydrogen (secondary N) is 2. The van der Waals surface area contributed by atoms with Gasteiger partial charge < -0.3 is 19.5 Å². The molecule has 2 N–H and O–H groups in total. The maximum atomic E-state index is 13.0. The van der Waals surface area contributed by atoms with Crippen LogP contribution < -0.4 is 16.2 Å². The van der Waals surface area contributed by atoms with Gasteiger partial charge in [-0.25, -0.2) is 0 Å². The number of pyridine rings is 1. The Kier molecular flexibility index (Phi) is 3.54. The molecule has 0 bridgehead atoms. The Hall–Kier alpha value is -2.52. The van der Waals surface area contributed by atoms with Crippen molar-refractivity contribution < 1.29 is 19.1 Å². The fourth-order valence-corrected chi connectivity index (χ4v) is 4.51. The third-order valence-electron chi connectivity index (χ3n) is 6.10. The van der Waals surface area contributed by atoms with Gasteiger partial charge in [0.05, 0.1) is 30.4 Å². The predicted octanol–water partition coefficient (Wildman–Crippen LogP) is -1.09. The Balaban J connectivity index is 1.42. The van der Waals surface area contributed by atoms with E-state index < -0.39 is 11.9 Å². The standard InChI is InChI=1S/C18H20N4O5/c23-14-2-1-13(15(24)20-14)22-6-12-11(16(22)25)3-4-21(17(12)26)10-5-18(27-7-10)8-19-9-18/h3-4,10,13,19H,1-2,5-9H2,(H,20,23,24)/t10-,13-/m1/s1. The van der Waals surface area contributed by atoms with Crippen LogP contribution in [0.15, 0.2) is 17.1 Å². The molecule has 5 rings (SSSR count). The van der Waals surface area contributed by atoms with Crippen LogP contribution in [-0.4, -0.2) is 58.5 Å². The normalized spacial score (nSPS) is 29.0. The lowest BCUT2D eigenvalue weighted by Gasteiger charge is -2.38. The SMILES string of the molecule is O=C1CC[C@@H](N2Cc3c(ccn([C@H]4COC5(CNC5)C4)c3=O)C2=O)C(=O)N1. The van der Waals surface area contributed by atoms with Gasteiger partial charge in [-0.05, 0) is 12.5 Å². The van der Waals surface area contributed by atoms with E-state index in [1.165, 1.54) is 4.90 Å². The van der Waals surface area contributed by atoms with Crippen LogP contribution >= 0.6 is 0 Å². The molecular weight excluding hydrogens is 352 g/mol. The Bertz CT molecular complexity index is 919. The molecule has 3 fully saturated rings. The molecule has 1 aromatic rings. The van der Waals surface area contributed by atoms with Crippen molar-refractivity contribution in [3.63, 3.8) is 0 Å². The molecule has 5 heterocycles. The average Bonchev–Trinajstić information content (AvgIpc) is 3.19. The number of amides is 3. The van der Waals surface area contributed by atoms with Gasteiger partial charge in [0.15, 0.2) is 0 Å². The number of imide groups is 1. The molecule has 0 aliphatic carbocycles. The fraction of sp³-hybridized carbons (Fsp3) is 0.556. The molecule has 3 saturated heterocycles. The van der Waals surface area contributed by atoms with E-state index in [9.17, 15) is 19.2 Å². The highest BCUT2D eigenvalue weighted by Gasteiger charge is 2.46. The van der Waals surface area contributed by atoms with Gasteiger partial charge in [0, 0.05) is 37.7 Å². The predicted molar refractivity (Wildman–Crippen MR) is 92.0 cm³/mol. The highest BCUT2D eigenvalue weighted by molar-refractivity contribution is 6.05. The number of piperidine rings is 1. The second kappa shape index (κ2) is 5.74. The first-order chi connectivity index (χ1) is 13.0. The Labute approximate surface area is 154 Å². The summed E-state index contributed by atoms with van der Waals surface area (Å²) in [5, 5.41) is 5.47. The van der Waals surface area contributed by atoms with E-state index in [1.807, 2.05) is 0 Å². The van der Waals surface area contributed by atoms with E-state index in [1.54, 1.807) is 16.8 Å². The van der Waals surface area contributed by atoms with Gasteiger partial charge in [0.25, 0.3) is 11.5 Å². The smallest absolute Gasteiger partial charge is 0.256 e. The minimum absolute atomic E-state index is 0.0512. The van der Waals surface area contributed by atoms with Crippen LogP contribution in [0.25, 0.3) is 0 Å². The maximum absolute atomic E-state index is 13.0. The number of nitrogens with zero attached hydrogens (tertiary/aromatic N) is 2. The van der Waals surface area contributed by atoms with Crippen LogP contribution in [-0.2, 0) is 20.9 Å². The largest absolute Gasteiger partial charge is 0.370 e. The van der Waals surface area contributed by atoms with Crippen molar-refractivity contribution >= 4 is 17.7 Å². The van der Waals surface area contributed by atoms with Crippen LogP contribution in [0.3, 0.4) is 0 Å². The van der Waals surface area contributed by atoms with Crippen molar-refractivity contribution in [3.8, 4) is 0 Å². The van der Waals surface area contributed by atoms with E-state index in [4.69, 9.17) is 4.74 Å². The van der Waals surface area contributed by atoms with E-state index in [2.05, 4.69) is 10.6 Å². The lowest BCUT2D eigenvalue weighted by atomic mass is 9.92. The molecular formula is C18H20N4O5. The fourth-order valence-electron chi connectivity index (χ4n) is 4.51. The third-order valence-corrected chi connectivity index (χ3v) is 6.10. The number of carbonyl (C=O) groups excluding carboxylic acids is 3. The van der Waals surface area contributed by atoms with Crippen LogP contribution in [0.2, 0.25) is 0 Å². The first-order valence-electron chi connectivity index (χ1n) is 9.21. The van der Waals surface area contributed by atoms with Crippen LogP contribution in [0.1, 0.15) is 41.2 Å². The number of hydrogen-bond donors (Lipinski definition) is 2. The van der Waals surface area contributed by atoms with Gasteiger partial charge in [-0.15, -0.1) is 0 Å². The molecule has 9 heteroatoms. The van der Waals surface area contributed by atoms with Crippen LogP contribution in [0.5, 0.6) is 0 Å². The van der Waals surface area contributed by atoms with E-state index in [0.717, 1.165) is 19.5 Å². The molecule has 2 atom stereocenters. The summed E-state index contributed by atoms with van der Waals surface area (Å²) in [4.78, 5) is 50.7. The summed E-state index contributed by atoms with van der Waals surface area (Å²) in [5.41, 5.74) is 0.394. The van der Waals surface area contributed by atoms with Gasteiger partial charge in [-0.3, -0.25) is 24.5 Å². The summed E-state index contributed by atoms with van der Waals surface area (Å²) >= 11 is 0. The van der Waals surface area contributed by atoms with E-state index in [-0.39, 0.29) is 48.4 Å². The second-order valence-electron chi connectivity index (χ2n) is 7.78. The van der Waals surface area contributed by atoms with Crippen molar-refractivity contribution in [3.05, 3.63) is 33.7 Å². The summed E-state index contributed by atoms with van der Waals surface area (Å²) in [6.07, 6.45) is 2.90. The molecule has 27 heavy (non-hydrogen) atoms.